The molecule has 0 aliphatic heterocycles. The van der Waals surface area contributed by atoms with E-state index in [4.69, 9.17) is 16.3 Å². The first-order valence-electron chi connectivity index (χ1n) is 8.06. The van der Waals surface area contributed by atoms with Crippen LogP contribution < -0.4 is 10.1 Å². The van der Waals surface area contributed by atoms with Gasteiger partial charge in [0.2, 0.25) is 0 Å². The van der Waals surface area contributed by atoms with Gasteiger partial charge in [0.15, 0.2) is 0 Å². The fraction of sp³-hybridized carbons (Fsp3) is 0.368. The van der Waals surface area contributed by atoms with E-state index in [-0.39, 0.29) is 37.2 Å². The molecule has 0 unspecified atom stereocenters. The lowest BCUT2D eigenvalue weighted by Gasteiger charge is -2.14. The minimum absolute atomic E-state index is 0. The summed E-state index contributed by atoms with van der Waals surface area (Å²) in [7, 11) is 4.12. The van der Waals surface area contributed by atoms with Crippen molar-refractivity contribution in [2.24, 2.45) is 0 Å². The first kappa shape index (κ1) is 25.0. The van der Waals surface area contributed by atoms with Gasteiger partial charge >= 0.3 is 0 Å². The number of hydrogen-bond donors (Lipinski definition) is 1. The van der Waals surface area contributed by atoms with Gasteiger partial charge in [-0.05, 0) is 57.9 Å². The third kappa shape index (κ3) is 8.56. The van der Waals surface area contributed by atoms with Crippen molar-refractivity contribution in [1.82, 2.24) is 10.2 Å². The Morgan fingerprint density at radius 1 is 1.08 bits per heavy atom. The molecule has 0 saturated heterocycles. The van der Waals surface area contributed by atoms with Crippen LogP contribution in [0.15, 0.2) is 42.5 Å². The number of rotatable bonds is 9. The second-order valence-corrected chi connectivity index (χ2v) is 6.40. The van der Waals surface area contributed by atoms with Crippen LogP contribution in [0, 0.1) is 5.82 Å². The Morgan fingerprint density at radius 2 is 1.81 bits per heavy atom. The summed E-state index contributed by atoms with van der Waals surface area (Å²) in [6.07, 6.45) is 1.07. The number of nitrogens with one attached hydrogen (secondary N) is 1. The molecule has 0 saturated carbocycles. The molecule has 0 fully saturated rings. The summed E-state index contributed by atoms with van der Waals surface area (Å²) in [5.74, 6) is 0.470. The van der Waals surface area contributed by atoms with Gasteiger partial charge in [0, 0.05) is 22.7 Å². The topological polar surface area (TPSA) is 24.5 Å². The van der Waals surface area contributed by atoms with Gasteiger partial charge in [0.1, 0.15) is 18.2 Å². The van der Waals surface area contributed by atoms with E-state index in [1.54, 1.807) is 24.3 Å². The summed E-state index contributed by atoms with van der Waals surface area (Å²) in [5, 5.41) is 4.06. The van der Waals surface area contributed by atoms with Crippen molar-refractivity contribution in [2.45, 2.75) is 19.6 Å². The Balaban J connectivity index is 0.00000312. The van der Waals surface area contributed by atoms with Gasteiger partial charge < -0.3 is 15.0 Å². The van der Waals surface area contributed by atoms with E-state index < -0.39 is 0 Å². The zero-order valence-electron chi connectivity index (χ0n) is 15.0. The van der Waals surface area contributed by atoms with Crippen molar-refractivity contribution >= 4 is 36.4 Å². The summed E-state index contributed by atoms with van der Waals surface area (Å²) >= 11 is 6.09. The van der Waals surface area contributed by atoms with Gasteiger partial charge in [-0.1, -0.05) is 29.8 Å². The quantitative estimate of drug-likeness (QED) is 0.578. The van der Waals surface area contributed by atoms with Crippen LogP contribution in [0.2, 0.25) is 5.02 Å². The first-order valence-corrected chi connectivity index (χ1v) is 8.44. The summed E-state index contributed by atoms with van der Waals surface area (Å²) in [5.41, 5.74) is 1.51. The van der Waals surface area contributed by atoms with E-state index in [1.165, 1.54) is 6.07 Å². The van der Waals surface area contributed by atoms with Crippen LogP contribution >= 0.6 is 36.4 Å². The maximum absolute atomic E-state index is 13.7. The molecule has 0 bridgehead atoms. The molecule has 2 rings (SSSR count). The molecule has 2 aromatic carbocycles. The maximum atomic E-state index is 13.7. The summed E-state index contributed by atoms with van der Waals surface area (Å²) in [4.78, 5) is 2.16. The third-order valence-electron chi connectivity index (χ3n) is 3.64. The Labute approximate surface area is 172 Å². The molecule has 2 aromatic rings. The molecule has 3 nitrogen and oxygen atoms in total. The van der Waals surface area contributed by atoms with Gasteiger partial charge in [-0.25, -0.2) is 4.39 Å². The fourth-order valence-corrected chi connectivity index (χ4v) is 2.54. The van der Waals surface area contributed by atoms with E-state index in [0.717, 1.165) is 30.8 Å². The van der Waals surface area contributed by atoms with Gasteiger partial charge in [0.05, 0.1) is 0 Å². The molecule has 0 aliphatic carbocycles. The Hall–Kier alpha value is -1.04. The Bertz CT molecular complexity index is 656. The average Bonchev–Trinajstić information content (AvgIpc) is 2.55. The molecule has 0 aliphatic rings. The van der Waals surface area contributed by atoms with Gasteiger partial charge in [-0.2, -0.15) is 0 Å². The minimum Gasteiger partial charge on any atom is -0.488 e. The van der Waals surface area contributed by atoms with Crippen LogP contribution in [0.25, 0.3) is 0 Å². The molecule has 0 spiro atoms. The van der Waals surface area contributed by atoms with Crippen molar-refractivity contribution in [2.75, 3.05) is 27.2 Å². The summed E-state index contributed by atoms with van der Waals surface area (Å²) in [6, 6.07) is 12.1. The van der Waals surface area contributed by atoms with Crippen LogP contribution in [-0.4, -0.2) is 32.1 Å². The number of benzene rings is 2. The minimum atomic E-state index is -0.255. The number of hydrogen-bond acceptors (Lipinski definition) is 3. The average molecular weight is 424 g/mol. The van der Waals surface area contributed by atoms with Crippen LogP contribution in [0.4, 0.5) is 4.39 Å². The molecule has 0 aromatic heterocycles. The van der Waals surface area contributed by atoms with Crippen molar-refractivity contribution in [3.8, 4) is 5.75 Å². The van der Waals surface area contributed by atoms with E-state index >= 15 is 0 Å². The van der Waals surface area contributed by atoms with Gasteiger partial charge in [0.25, 0.3) is 0 Å². The van der Waals surface area contributed by atoms with Crippen LogP contribution in [-0.2, 0) is 13.2 Å². The van der Waals surface area contributed by atoms with Crippen LogP contribution in [0.5, 0.6) is 5.75 Å². The SMILES string of the molecule is CN(C)CCCNCc1cc(Cl)ccc1OCc1ccccc1F.Cl.Cl. The van der Waals surface area contributed by atoms with Gasteiger partial charge in [-0.3, -0.25) is 0 Å². The molecule has 7 heteroatoms. The predicted octanol–water partition coefficient (Wildman–Crippen LogP) is 4.94. The van der Waals surface area contributed by atoms with E-state index in [1.807, 2.05) is 12.1 Å². The summed E-state index contributed by atoms with van der Waals surface area (Å²) < 4.78 is 19.5. The van der Waals surface area contributed by atoms with Crippen molar-refractivity contribution in [3.63, 3.8) is 0 Å². The lowest BCUT2D eigenvalue weighted by Crippen LogP contribution is -2.21. The van der Waals surface area contributed by atoms with E-state index in [0.29, 0.717) is 17.1 Å². The van der Waals surface area contributed by atoms with Gasteiger partial charge in [-0.15, -0.1) is 24.8 Å². The van der Waals surface area contributed by atoms with Crippen molar-refractivity contribution in [1.29, 1.82) is 0 Å². The fourth-order valence-electron chi connectivity index (χ4n) is 2.34. The second-order valence-electron chi connectivity index (χ2n) is 5.97. The second kappa shape index (κ2) is 13.2. The van der Waals surface area contributed by atoms with Crippen LogP contribution in [0.3, 0.4) is 0 Å². The highest BCUT2D eigenvalue weighted by molar-refractivity contribution is 6.30. The normalized spacial score (nSPS) is 10.2. The Kier molecular flexibility index (Phi) is 12.7. The largest absolute Gasteiger partial charge is 0.488 e. The predicted molar refractivity (Wildman–Crippen MR) is 112 cm³/mol. The zero-order chi connectivity index (χ0) is 17.4. The molecule has 0 radical (unpaired) electrons. The maximum Gasteiger partial charge on any atom is 0.129 e. The summed E-state index contributed by atoms with van der Waals surface area (Å²) in [6.45, 7) is 2.82. The monoisotopic (exact) mass is 422 g/mol. The van der Waals surface area contributed by atoms with Crippen molar-refractivity contribution < 1.29 is 9.13 Å². The molecule has 26 heavy (non-hydrogen) atoms. The Morgan fingerprint density at radius 3 is 2.50 bits per heavy atom. The molecular formula is C19H26Cl3FN2O. The lowest BCUT2D eigenvalue weighted by atomic mass is 10.2. The van der Waals surface area contributed by atoms with E-state index in [9.17, 15) is 4.39 Å². The molecule has 0 amide bonds. The smallest absolute Gasteiger partial charge is 0.129 e. The standard InChI is InChI=1S/C19H24ClFN2O.2ClH/c1-23(2)11-5-10-22-13-16-12-17(20)8-9-19(16)24-14-15-6-3-4-7-18(15)21;;/h3-4,6-9,12,22H,5,10-11,13-14H2,1-2H3;2*1H. The molecular weight excluding hydrogens is 398 g/mol. The number of ether oxygens (including phenoxy) is 1. The molecule has 0 heterocycles. The molecule has 1 N–H and O–H groups in total. The lowest BCUT2D eigenvalue weighted by molar-refractivity contribution is 0.296. The first-order chi connectivity index (χ1) is 11.6. The molecule has 146 valence electrons. The highest BCUT2D eigenvalue weighted by Crippen LogP contribution is 2.24. The number of nitrogens with zero attached hydrogens (tertiary/aromatic N) is 1. The number of halogens is 4. The van der Waals surface area contributed by atoms with E-state index in [2.05, 4.69) is 24.3 Å². The van der Waals surface area contributed by atoms with Crippen LogP contribution in [0.1, 0.15) is 17.5 Å². The molecule has 0 atom stereocenters. The highest BCUT2D eigenvalue weighted by Gasteiger charge is 2.07. The third-order valence-corrected chi connectivity index (χ3v) is 3.87. The van der Waals surface area contributed by atoms with Crippen molar-refractivity contribution in [3.05, 3.63) is 64.4 Å². The zero-order valence-corrected chi connectivity index (χ0v) is 17.4. The highest BCUT2D eigenvalue weighted by atomic mass is 35.5.